The molecule has 2 aromatic carbocycles. The molecule has 2 aromatic rings. The van der Waals surface area contributed by atoms with Gasteiger partial charge in [0.1, 0.15) is 12.4 Å². The molecular formula is C19H26N2O. The highest BCUT2D eigenvalue weighted by molar-refractivity contribution is 5.34. The van der Waals surface area contributed by atoms with Crippen molar-refractivity contribution in [2.75, 3.05) is 27.2 Å². The molecule has 0 amide bonds. The second-order valence-corrected chi connectivity index (χ2v) is 5.80. The standard InChI is InChI=1S/C19H26N2O/c1-16-8-4-5-10-18(16)15-22-19-11-7-6-9-17(19)14-20-12-13-21(2)3/h4-11,20H,12-15H2,1-3H3. The summed E-state index contributed by atoms with van der Waals surface area (Å²) in [6.45, 7) is 5.57. The van der Waals surface area contributed by atoms with E-state index < -0.39 is 0 Å². The van der Waals surface area contributed by atoms with Crippen LogP contribution in [0.15, 0.2) is 48.5 Å². The second kappa shape index (κ2) is 8.57. The number of hydrogen-bond donors (Lipinski definition) is 1. The van der Waals surface area contributed by atoms with Gasteiger partial charge in [-0.05, 0) is 38.2 Å². The summed E-state index contributed by atoms with van der Waals surface area (Å²) in [5.41, 5.74) is 3.71. The minimum Gasteiger partial charge on any atom is -0.489 e. The van der Waals surface area contributed by atoms with Crippen LogP contribution in [0.5, 0.6) is 5.75 Å². The van der Waals surface area contributed by atoms with Crippen LogP contribution in [-0.2, 0) is 13.2 Å². The Kier molecular flexibility index (Phi) is 6.44. The normalized spacial score (nSPS) is 10.9. The van der Waals surface area contributed by atoms with Gasteiger partial charge < -0.3 is 15.0 Å². The summed E-state index contributed by atoms with van der Waals surface area (Å²) in [7, 11) is 4.17. The predicted octanol–water partition coefficient (Wildman–Crippen LogP) is 3.23. The van der Waals surface area contributed by atoms with Gasteiger partial charge in [0.2, 0.25) is 0 Å². The van der Waals surface area contributed by atoms with E-state index in [1.165, 1.54) is 16.7 Å². The van der Waals surface area contributed by atoms with Crippen molar-refractivity contribution in [3.05, 3.63) is 65.2 Å². The molecule has 0 heterocycles. The molecule has 0 atom stereocenters. The van der Waals surface area contributed by atoms with Crippen molar-refractivity contribution in [3.8, 4) is 5.75 Å². The third kappa shape index (κ3) is 5.17. The molecule has 118 valence electrons. The summed E-state index contributed by atoms with van der Waals surface area (Å²) in [5.74, 6) is 0.961. The Morgan fingerprint density at radius 1 is 0.955 bits per heavy atom. The summed E-state index contributed by atoms with van der Waals surface area (Å²) >= 11 is 0. The van der Waals surface area contributed by atoms with Crippen molar-refractivity contribution in [1.29, 1.82) is 0 Å². The molecule has 0 unspecified atom stereocenters. The lowest BCUT2D eigenvalue weighted by Crippen LogP contribution is -2.26. The minimum atomic E-state index is 0.612. The van der Waals surface area contributed by atoms with E-state index in [0.717, 1.165) is 25.4 Å². The van der Waals surface area contributed by atoms with E-state index >= 15 is 0 Å². The van der Waals surface area contributed by atoms with E-state index in [-0.39, 0.29) is 0 Å². The highest BCUT2D eigenvalue weighted by atomic mass is 16.5. The maximum absolute atomic E-state index is 6.03. The number of rotatable bonds is 8. The van der Waals surface area contributed by atoms with Crippen LogP contribution >= 0.6 is 0 Å². The molecule has 0 saturated carbocycles. The van der Waals surface area contributed by atoms with Crippen LogP contribution < -0.4 is 10.1 Å². The summed E-state index contributed by atoms with van der Waals surface area (Å²) in [4.78, 5) is 2.17. The average Bonchev–Trinajstić information content (AvgIpc) is 2.51. The SMILES string of the molecule is Cc1ccccc1COc1ccccc1CNCCN(C)C. The van der Waals surface area contributed by atoms with Crippen molar-refractivity contribution in [2.24, 2.45) is 0 Å². The van der Waals surface area contributed by atoms with Crippen molar-refractivity contribution < 1.29 is 4.74 Å². The van der Waals surface area contributed by atoms with Gasteiger partial charge in [-0.1, -0.05) is 42.5 Å². The van der Waals surface area contributed by atoms with Gasteiger partial charge in [0, 0.05) is 25.2 Å². The number of benzene rings is 2. The first-order chi connectivity index (χ1) is 10.7. The first-order valence-electron chi connectivity index (χ1n) is 7.77. The van der Waals surface area contributed by atoms with E-state index in [4.69, 9.17) is 4.74 Å². The van der Waals surface area contributed by atoms with E-state index in [2.05, 4.69) is 67.6 Å². The molecule has 0 bridgehead atoms. The molecule has 0 aromatic heterocycles. The molecular weight excluding hydrogens is 272 g/mol. The Labute approximate surface area is 133 Å². The van der Waals surface area contributed by atoms with Crippen LogP contribution in [0.25, 0.3) is 0 Å². The number of likely N-dealkylation sites (N-methyl/N-ethyl adjacent to an activating group) is 1. The van der Waals surface area contributed by atoms with Gasteiger partial charge in [0.15, 0.2) is 0 Å². The van der Waals surface area contributed by atoms with Crippen LogP contribution in [0.4, 0.5) is 0 Å². The number of hydrogen-bond acceptors (Lipinski definition) is 3. The quantitative estimate of drug-likeness (QED) is 0.757. The smallest absolute Gasteiger partial charge is 0.124 e. The maximum atomic E-state index is 6.03. The van der Waals surface area contributed by atoms with Gasteiger partial charge in [-0.3, -0.25) is 0 Å². The third-order valence-corrected chi connectivity index (χ3v) is 3.67. The Morgan fingerprint density at radius 2 is 1.64 bits per heavy atom. The second-order valence-electron chi connectivity index (χ2n) is 5.80. The monoisotopic (exact) mass is 298 g/mol. The van der Waals surface area contributed by atoms with E-state index in [1.54, 1.807) is 0 Å². The molecule has 0 saturated heterocycles. The molecule has 0 spiro atoms. The van der Waals surface area contributed by atoms with Gasteiger partial charge in [0.25, 0.3) is 0 Å². The van der Waals surface area contributed by atoms with Gasteiger partial charge in [-0.15, -0.1) is 0 Å². The fraction of sp³-hybridized carbons (Fsp3) is 0.368. The largest absolute Gasteiger partial charge is 0.489 e. The predicted molar refractivity (Wildman–Crippen MR) is 92.2 cm³/mol. The van der Waals surface area contributed by atoms with Crippen molar-refractivity contribution >= 4 is 0 Å². The molecule has 0 aliphatic carbocycles. The van der Waals surface area contributed by atoms with Gasteiger partial charge in [-0.2, -0.15) is 0 Å². The number of ether oxygens (including phenoxy) is 1. The zero-order valence-electron chi connectivity index (χ0n) is 13.8. The molecule has 1 N–H and O–H groups in total. The lowest BCUT2D eigenvalue weighted by Gasteiger charge is -2.14. The zero-order chi connectivity index (χ0) is 15.8. The number of nitrogens with zero attached hydrogens (tertiary/aromatic N) is 1. The van der Waals surface area contributed by atoms with Crippen LogP contribution in [-0.4, -0.2) is 32.1 Å². The highest BCUT2D eigenvalue weighted by Gasteiger charge is 2.04. The van der Waals surface area contributed by atoms with E-state index in [9.17, 15) is 0 Å². The Hall–Kier alpha value is -1.84. The summed E-state index contributed by atoms with van der Waals surface area (Å²) in [6, 6.07) is 16.6. The fourth-order valence-corrected chi connectivity index (χ4v) is 2.24. The lowest BCUT2D eigenvalue weighted by atomic mass is 10.1. The highest BCUT2D eigenvalue weighted by Crippen LogP contribution is 2.20. The molecule has 2 rings (SSSR count). The summed E-state index contributed by atoms with van der Waals surface area (Å²) in [5, 5.41) is 3.46. The molecule has 0 fully saturated rings. The Balaban J connectivity index is 1.92. The van der Waals surface area contributed by atoms with Crippen LogP contribution in [0.1, 0.15) is 16.7 Å². The molecule has 0 aliphatic heterocycles. The molecule has 0 aliphatic rings. The first-order valence-corrected chi connectivity index (χ1v) is 7.77. The lowest BCUT2D eigenvalue weighted by molar-refractivity contribution is 0.301. The Morgan fingerprint density at radius 3 is 2.36 bits per heavy atom. The number of nitrogens with one attached hydrogen (secondary N) is 1. The van der Waals surface area contributed by atoms with Crippen molar-refractivity contribution in [1.82, 2.24) is 10.2 Å². The van der Waals surface area contributed by atoms with E-state index in [0.29, 0.717) is 6.61 Å². The van der Waals surface area contributed by atoms with Gasteiger partial charge in [0.05, 0.1) is 0 Å². The number of para-hydroxylation sites is 1. The van der Waals surface area contributed by atoms with Gasteiger partial charge >= 0.3 is 0 Å². The summed E-state index contributed by atoms with van der Waals surface area (Å²) < 4.78 is 6.03. The maximum Gasteiger partial charge on any atom is 0.124 e. The topological polar surface area (TPSA) is 24.5 Å². The van der Waals surface area contributed by atoms with Crippen molar-refractivity contribution in [2.45, 2.75) is 20.1 Å². The summed E-state index contributed by atoms with van der Waals surface area (Å²) in [6.07, 6.45) is 0. The molecule has 0 radical (unpaired) electrons. The molecule has 22 heavy (non-hydrogen) atoms. The van der Waals surface area contributed by atoms with Gasteiger partial charge in [-0.25, -0.2) is 0 Å². The first kappa shape index (κ1) is 16.5. The van der Waals surface area contributed by atoms with Crippen LogP contribution in [0, 0.1) is 6.92 Å². The molecule has 3 heteroatoms. The fourth-order valence-electron chi connectivity index (χ4n) is 2.24. The number of aryl methyl sites for hydroxylation is 1. The average molecular weight is 298 g/mol. The minimum absolute atomic E-state index is 0.612. The third-order valence-electron chi connectivity index (χ3n) is 3.67. The van der Waals surface area contributed by atoms with Crippen LogP contribution in [0.2, 0.25) is 0 Å². The molecule has 3 nitrogen and oxygen atoms in total. The van der Waals surface area contributed by atoms with Crippen LogP contribution in [0.3, 0.4) is 0 Å². The Bertz CT molecular complexity index is 581. The van der Waals surface area contributed by atoms with E-state index in [1.807, 2.05) is 12.1 Å². The zero-order valence-corrected chi connectivity index (χ0v) is 13.8. The van der Waals surface area contributed by atoms with Crippen molar-refractivity contribution in [3.63, 3.8) is 0 Å².